The third-order valence-electron chi connectivity index (χ3n) is 4.51. The predicted molar refractivity (Wildman–Crippen MR) is 108 cm³/mol. The van der Waals surface area contributed by atoms with Crippen molar-refractivity contribution in [3.8, 4) is 16.9 Å². The highest BCUT2D eigenvalue weighted by atomic mass is 32.2. The summed E-state index contributed by atoms with van der Waals surface area (Å²) >= 11 is 0. The molecule has 2 aromatic carbocycles. The number of aryl methyl sites for hydroxylation is 1. The second-order valence-electron chi connectivity index (χ2n) is 6.49. The number of hydrogen-bond donors (Lipinski definition) is 1. The fourth-order valence-corrected chi connectivity index (χ4v) is 3.59. The average Bonchev–Trinajstić information content (AvgIpc) is 2.99. The number of carbonyl (C=O) groups excluding carboxylic acids is 1. The summed E-state index contributed by atoms with van der Waals surface area (Å²) in [6.45, 7) is 5.88. The van der Waals surface area contributed by atoms with Crippen LogP contribution in [0.1, 0.15) is 28.5 Å². The van der Waals surface area contributed by atoms with Crippen molar-refractivity contribution in [1.29, 1.82) is 0 Å². The van der Waals surface area contributed by atoms with Gasteiger partial charge in [-0.1, -0.05) is 29.8 Å². The van der Waals surface area contributed by atoms with Crippen molar-refractivity contribution in [1.82, 2.24) is 4.57 Å². The van der Waals surface area contributed by atoms with E-state index in [2.05, 4.69) is 0 Å². The van der Waals surface area contributed by atoms with E-state index >= 15 is 0 Å². The molecule has 0 bridgehead atoms. The Labute approximate surface area is 164 Å². The first-order valence-corrected chi connectivity index (χ1v) is 10.4. The quantitative estimate of drug-likeness (QED) is 0.665. The highest BCUT2D eigenvalue weighted by molar-refractivity contribution is 7.89. The van der Waals surface area contributed by atoms with Crippen molar-refractivity contribution in [3.05, 3.63) is 71.4 Å². The van der Waals surface area contributed by atoms with Crippen LogP contribution >= 0.6 is 0 Å². The smallest absolute Gasteiger partial charge is 0.339 e. The van der Waals surface area contributed by atoms with Gasteiger partial charge >= 0.3 is 5.97 Å². The molecule has 3 rings (SSSR count). The second-order valence-corrected chi connectivity index (χ2v) is 8.05. The van der Waals surface area contributed by atoms with Crippen LogP contribution in [0.4, 0.5) is 0 Å². The molecule has 2 N–H and O–H groups in total. The van der Waals surface area contributed by atoms with Crippen LogP contribution in [-0.2, 0) is 14.8 Å². The van der Waals surface area contributed by atoms with Crippen molar-refractivity contribution >= 4 is 16.0 Å². The summed E-state index contributed by atoms with van der Waals surface area (Å²) in [4.78, 5) is 12.4. The van der Waals surface area contributed by atoms with E-state index in [-0.39, 0.29) is 11.5 Å². The Morgan fingerprint density at radius 1 is 1.04 bits per heavy atom. The summed E-state index contributed by atoms with van der Waals surface area (Å²) < 4.78 is 30.2. The van der Waals surface area contributed by atoms with Crippen molar-refractivity contribution in [2.24, 2.45) is 5.14 Å². The first kappa shape index (κ1) is 19.9. The first-order valence-electron chi connectivity index (χ1n) is 8.82. The van der Waals surface area contributed by atoms with Crippen LogP contribution in [0.5, 0.6) is 0 Å². The van der Waals surface area contributed by atoms with E-state index in [0.717, 1.165) is 22.5 Å². The fraction of sp³-hybridized carbons (Fsp3) is 0.190. The van der Waals surface area contributed by atoms with E-state index in [9.17, 15) is 13.2 Å². The Morgan fingerprint density at radius 3 is 2.18 bits per heavy atom. The molecule has 3 aromatic rings. The molecule has 7 heteroatoms. The van der Waals surface area contributed by atoms with Crippen LogP contribution < -0.4 is 5.14 Å². The van der Waals surface area contributed by atoms with Gasteiger partial charge in [0.1, 0.15) is 0 Å². The van der Waals surface area contributed by atoms with Crippen LogP contribution in [0.25, 0.3) is 16.9 Å². The Balaban J connectivity index is 2.20. The van der Waals surface area contributed by atoms with Gasteiger partial charge < -0.3 is 9.30 Å². The maximum atomic E-state index is 12.4. The lowest BCUT2D eigenvalue weighted by molar-refractivity contribution is 0.0525. The molecular weight excluding hydrogens is 376 g/mol. The number of nitrogens with zero attached hydrogens (tertiary/aromatic N) is 1. The lowest BCUT2D eigenvalue weighted by Crippen LogP contribution is -2.12. The number of sulfonamides is 1. The van der Waals surface area contributed by atoms with E-state index in [1.165, 1.54) is 12.1 Å². The SMILES string of the molecule is CCOC(=O)c1cc(-c2ccc(C)cc2)n(-c2ccc(S(N)(=O)=O)cc2)c1C. The number of nitrogens with two attached hydrogens (primary N) is 1. The summed E-state index contributed by atoms with van der Waals surface area (Å²) in [5.41, 5.74) is 4.76. The normalized spacial score (nSPS) is 11.4. The molecule has 0 aliphatic rings. The Bertz CT molecular complexity index is 1110. The third-order valence-corrected chi connectivity index (χ3v) is 5.44. The molecule has 1 heterocycles. The maximum absolute atomic E-state index is 12.4. The molecular formula is C21H22N2O4S. The minimum Gasteiger partial charge on any atom is -0.462 e. The summed E-state index contributed by atoms with van der Waals surface area (Å²) in [6.07, 6.45) is 0. The lowest BCUT2D eigenvalue weighted by atomic mass is 10.1. The molecule has 1 aromatic heterocycles. The van der Waals surface area contributed by atoms with Gasteiger partial charge in [-0.3, -0.25) is 0 Å². The molecule has 28 heavy (non-hydrogen) atoms. The Kier molecular flexibility index (Phi) is 5.40. The molecule has 146 valence electrons. The Morgan fingerprint density at radius 2 is 1.64 bits per heavy atom. The minimum atomic E-state index is -3.78. The van der Waals surface area contributed by atoms with Crippen LogP contribution in [0.3, 0.4) is 0 Å². The number of esters is 1. The van der Waals surface area contributed by atoms with Crippen LogP contribution in [-0.4, -0.2) is 25.6 Å². The molecule has 6 nitrogen and oxygen atoms in total. The van der Waals surface area contributed by atoms with Gasteiger partial charge in [-0.05, 0) is 56.7 Å². The lowest BCUT2D eigenvalue weighted by Gasteiger charge is -2.13. The summed E-state index contributed by atoms with van der Waals surface area (Å²) in [5, 5.41) is 5.19. The number of ether oxygens (including phenoxy) is 1. The topological polar surface area (TPSA) is 91.4 Å². The highest BCUT2D eigenvalue weighted by Gasteiger charge is 2.21. The first-order chi connectivity index (χ1) is 13.2. The number of hydrogen-bond acceptors (Lipinski definition) is 4. The monoisotopic (exact) mass is 398 g/mol. The largest absolute Gasteiger partial charge is 0.462 e. The zero-order chi connectivity index (χ0) is 20.5. The van der Waals surface area contributed by atoms with Gasteiger partial charge in [-0.15, -0.1) is 0 Å². The van der Waals surface area contributed by atoms with Crippen LogP contribution in [0.15, 0.2) is 59.5 Å². The highest BCUT2D eigenvalue weighted by Crippen LogP contribution is 2.30. The van der Waals surface area contributed by atoms with Gasteiger partial charge in [0.15, 0.2) is 0 Å². The zero-order valence-corrected chi connectivity index (χ0v) is 16.8. The molecule has 0 unspecified atom stereocenters. The molecule has 0 amide bonds. The van der Waals surface area contributed by atoms with Crippen molar-refractivity contribution in [3.63, 3.8) is 0 Å². The zero-order valence-electron chi connectivity index (χ0n) is 16.0. The van der Waals surface area contributed by atoms with Gasteiger partial charge in [-0.25, -0.2) is 18.4 Å². The van der Waals surface area contributed by atoms with Gasteiger partial charge in [0.2, 0.25) is 10.0 Å². The van der Waals surface area contributed by atoms with E-state index in [1.54, 1.807) is 25.1 Å². The number of rotatable bonds is 5. The van der Waals surface area contributed by atoms with Crippen LogP contribution in [0.2, 0.25) is 0 Å². The molecule has 0 aliphatic heterocycles. The number of primary sulfonamides is 1. The maximum Gasteiger partial charge on any atom is 0.339 e. The molecule has 0 fully saturated rings. The van der Waals surface area contributed by atoms with Gasteiger partial charge in [-0.2, -0.15) is 0 Å². The summed E-state index contributed by atoms with van der Waals surface area (Å²) in [7, 11) is -3.78. The molecule has 0 spiro atoms. The standard InChI is InChI=1S/C21H22N2O4S/c1-4-27-21(24)19-13-20(16-7-5-14(2)6-8-16)23(15(19)3)17-9-11-18(12-10-17)28(22,25)26/h5-13H,4H2,1-3H3,(H2,22,25,26). The third kappa shape index (κ3) is 3.85. The molecule has 0 atom stereocenters. The fourth-order valence-electron chi connectivity index (χ4n) is 3.08. The minimum absolute atomic E-state index is 0.0311. The summed E-state index contributed by atoms with van der Waals surface area (Å²) in [6, 6.07) is 16.0. The summed E-state index contributed by atoms with van der Waals surface area (Å²) in [5.74, 6) is -0.395. The van der Waals surface area contributed by atoms with Gasteiger partial charge in [0.05, 0.1) is 22.8 Å². The van der Waals surface area contributed by atoms with Crippen molar-refractivity contribution in [2.45, 2.75) is 25.7 Å². The predicted octanol–water partition coefficient (Wildman–Crippen LogP) is 3.59. The van der Waals surface area contributed by atoms with E-state index in [1.807, 2.05) is 42.7 Å². The molecule has 0 radical (unpaired) electrons. The number of carbonyl (C=O) groups is 1. The van der Waals surface area contributed by atoms with Crippen molar-refractivity contribution < 1.29 is 17.9 Å². The molecule has 0 aliphatic carbocycles. The second kappa shape index (κ2) is 7.61. The average molecular weight is 398 g/mol. The molecule has 0 saturated heterocycles. The van der Waals surface area contributed by atoms with Gasteiger partial charge in [0, 0.05) is 11.4 Å². The van der Waals surface area contributed by atoms with E-state index < -0.39 is 16.0 Å². The van der Waals surface area contributed by atoms with Gasteiger partial charge in [0.25, 0.3) is 0 Å². The van der Waals surface area contributed by atoms with E-state index in [0.29, 0.717) is 11.3 Å². The van der Waals surface area contributed by atoms with Crippen LogP contribution in [0, 0.1) is 13.8 Å². The van der Waals surface area contributed by atoms with Crippen molar-refractivity contribution in [2.75, 3.05) is 6.61 Å². The number of aromatic nitrogens is 1. The molecule has 0 saturated carbocycles. The Hall–Kier alpha value is -2.90. The van der Waals surface area contributed by atoms with E-state index in [4.69, 9.17) is 9.88 Å². The number of benzene rings is 2.